The summed E-state index contributed by atoms with van der Waals surface area (Å²) in [5.74, 6) is 0.521. The Balaban J connectivity index is 1.92. The minimum Gasteiger partial charge on any atom is -0.396 e. The molecular weight excluding hydrogens is 166 g/mol. The van der Waals surface area contributed by atoms with Crippen molar-refractivity contribution in [1.82, 2.24) is 14.8 Å². The van der Waals surface area contributed by atoms with Crippen LogP contribution in [0.25, 0.3) is 0 Å². The Bertz CT molecular complexity index is 239. The average molecular weight is 181 g/mol. The van der Waals surface area contributed by atoms with E-state index >= 15 is 0 Å². The summed E-state index contributed by atoms with van der Waals surface area (Å²) in [4.78, 5) is 0. The first kappa shape index (κ1) is 8.69. The molecule has 2 rings (SSSR count). The molecule has 1 aliphatic rings. The van der Waals surface area contributed by atoms with Crippen molar-refractivity contribution < 1.29 is 5.11 Å². The van der Waals surface area contributed by atoms with Gasteiger partial charge in [0, 0.05) is 12.6 Å². The molecule has 4 nitrogen and oxygen atoms in total. The van der Waals surface area contributed by atoms with Crippen LogP contribution in [-0.2, 0) is 0 Å². The topological polar surface area (TPSA) is 50.9 Å². The van der Waals surface area contributed by atoms with Gasteiger partial charge >= 0.3 is 0 Å². The zero-order valence-corrected chi connectivity index (χ0v) is 7.63. The Morgan fingerprint density at radius 2 is 1.77 bits per heavy atom. The number of aliphatic hydroxyl groups excluding tert-OH is 1. The van der Waals surface area contributed by atoms with Crippen LogP contribution in [0.5, 0.6) is 0 Å². The molecule has 13 heavy (non-hydrogen) atoms. The largest absolute Gasteiger partial charge is 0.396 e. The number of aromatic nitrogens is 3. The Morgan fingerprint density at radius 1 is 1.15 bits per heavy atom. The Hall–Kier alpha value is -0.900. The zero-order valence-electron chi connectivity index (χ0n) is 7.63. The van der Waals surface area contributed by atoms with E-state index in [4.69, 9.17) is 5.11 Å². The van der Waals surface area contributed by atoms with Crippen molar-refractivity contribution in [3.05, 3.63) is 12.7 Å². The second kappa shape index (κ2) is 3.87. The van der Waals surface area contributed by atoms with Crippen molar-refractivity contribution in [3.8, 4) is 0 Å². The van der Waals surface area contributed by atoms with Crippen LogP contribution in [0.1, 0.15) is 31.7 Å². The van der Waals surface area contributed by atoms with Crippen LogP contribution in [0.15, 0.2) is 12.7 Å². The van der Waals surface area contributed by atoms with Gasteiger partial charge in [-0.25, -0.2) is 0 Å². The Labute approximate surface area is 77.6 Å². The van der Waals surface area contributed by atoms with Gasteiger partial charge in [0.25, 0.3) is 0 Å². The molecule has 1 fully saturated rings. The van der Waals surface area contributed by atoms with Crippen molar-refractivity contribution in [2.45, 2.75) is 31.7 Å². The third-order valence-corrected chi connectivity index (χ3v) is 2.93. The van der Waals surface area contributed by atoms with E-state index in [1.54, 1.807) is 12.7 Å². The van der Waals surface area contributed by atoms with Gasteiger partial charge in [0.05, 0.1) is 0 Å². The molecule has 0 spiro atoms. The molecule has 0 radical (unpaired) electrons. The summed E-state index contributed by atoms with van der Waals surface area (Å²) in [6, 6.07) is 0.554. The second-order valence-corrected chi connectivity index (χ2v) is 3.77. The molecule has 1 heterocycles. The van der Waals surface area contributed by atoms with Crippen molar-refractivity contribution >= 4 is 0 Å². The van der Waals surface area contributed by atoms with Gasteiger partial charge in [-0.1, -0.05) is 0 Å². The molecule has 4 heteroatoms. The van der Waals surface area contributed by atoms with Crippen molar-refractivity contribution in [2.24, 2.45) is 5.92 Å². The van der Waals surface area contributed by atoms with E-state index < -0.39 is 0 Å². The predicted octanol–water partition coefficient (Wildman–Crippen LogP) is 1.00. The summed E-state index contributed by atoms with van der Waals surface area (Å²) in [5, 5.41) is 16.6. The van der Waals surface area contributed by atoms with Crippen molar-refractivity contribution in [2.75, 3.05) is 6.61 Å². The normalized spacial score (nSPS) is 29.0. The lowest BCUT2D eigenvalue weighted by molar-refractivity contribution is 0.168. The standard InChI is InChI=1S/C9H15N3O/c13-5-8-1-3-9(4-2-8)12-6-10-11-7-12/h6-9,13H,1-5H2. The lowest BCUT2D eigenvalue weighted by Gasteiger charge is -2.27. The lowest BCUT2D eigenvalue weighted by Crippen LogP contribution is -2.19. The molecule has 1 aromatic heterocycles. The molecule has 0 aromatic carbocycles. The van der Waals surface area contributed by atoms with Crippen LogP contribution in [0, 0.1) is 5.92 Å². The predicted molar refractivity (Wildman–Crippen MR) is 48.1 cm³/mol. The maximum Gasteiger partial charge on any atom is 0.119 e. The van der Waals surface area contributed by atoms with Gasteiger partial charge < -0.3 is 9.67 Å². The molecule has 0 atom stereocenters. The smallest absolute Gasteiger partial charge is 0.119 e. The molecule has 0 unspecified atom stereocenters. The highest BCUT2D eigenvalue weighted by atomic mass is 16.3. The molecule has 72 valence electrons. The molecule has 0 aliphatic heterocycles. The zero-order chi connectivity index (χ0) is 9.10. The molecule has 0 bridgehead atoms. The first-order chi connectivity index (χ1) is 6.40. The fraction of sp³-hybridized carbons (Fsp3) is 0.778. The minimum atomic E-state index is 0.342. The van der Waals surface area contributed by atoms with Crippen LogP contribution in [0.2, 0.25) is 0 Å². The van der Waals surface area contributed by atoms with Gasteiger partial charge in [0.1, 0.15) is 12.7 Å². The maximum absolute atomic E-state index is 8.98. The molecule has 1 aromatic rings. The van der Waals surface area contributed by atoms with Crippen LogP contribution in [0.4, 0.5) is 0 Å². The monoisotopic (exact) mass is 181 g/mol. The van der Waals surface area contributed by atoms with Crippen LogP contribution < -0.4 is 0 Å². The number of hydrogen-bond donors (Lipinski definition) is 1. The van der Waals surface area contributed by atoms with Crippen molar-refractivity contribution in [1.29, 1.82) is 0 Å². The SMILES string of the molecule is OCC1CCC(n2cnnc2)CC1. The van der Waals surface area contributed by atoms with E-state index in [1.807, 2.05) is 0 Å². The molecular formula is C9H15N3O. The molecule has 0 saturated heterocycles. The van der Waals surface area contributed by atoms with Crippen LogP contribution in [0.3, 0.4) is 0 Å². The quantitative estimate of drug-likeness (QED) is 0.740. The van der Waals surface area contributed by atoms with Crippen LogP contribution >= 0.6 is 0 Å². The molecule has 1 N–H and O–H groups in total. The summed E-state index contributed by atoms with van der Waals surface area (Å²) < 4.78 is 2.08. The van der Waals surface area contributed by atoms with E-state index in [0.717, 1.165) is 25.7 Å². The summed E-state index contributed by atoms with van der Waals surface area (Å²) in [6.45, 7) is 0.342. The number of aliphatic hydroxyl groups is 1. The van der Waals surface area contributed by atoms with E-state index in [-0.39, 0.29) is 0 Å². The highest BCUT2D eigenvalue weighted by molar-refractivity contribution is 4.78. The number of hydrogen-bond acceptors (Lipinski definition) is 3. The molecule has 1 saturated carbocycles. The van der Waals surface area contributed by atoms with Crippen molar-refractivity contribution in [3.63, 3.8) is 0 Å². The number of nitrogens with zero attached hydrogens (tertiary/aromatic N) is 3. The van der Waals surface area contributed by atoms with E-state index in [0.29, 0.717) is 18.6 Å². The lowest BCUT2D eigenvalue weighted by atomic mass is 9.86. The Kier molecular flexibility index (Phi) is 2.59. The fourth-order valence-electron chi connectivity index (χ4n) is 2.02. The second-order valence-electron chi connectivity index (χ2n) is 3.77. The maximum atomic E-state index is 8.98. The van der Waals surface area contributed by atoms with Gasteiger partial charge in [-0.2, -0.15) is 0 Å². The average Bonchev–Trinajstić information content (AvgIpc) is 2.71. The third kappa shape index (κ3) is 1.88. The van der Waals surface area contributed by atoms with Gasteiger partial charge in [0.2, 0.25) is 0 Å². The summed E-state index contributed by atoms with van der Waals surface area (Å²) >= 11 is 0. The van der Waals surface area contributed by atoms with E-state index in [1.165, 1.54) is 0 Å². The van der Waals surface area contributed by atoms with Crippen LogP contribution in [-0.4, -0.2) is 26.5 Å². The van der Waals surface area contributed by atoms with E-state index in [2.05, 4.69) is 14.8 Å². The van der Waals surface area contributed by atoms with Gasteiger partial charge in [-0.15, -0.1) is 10.2 Å². The highest BCUT2D eigenvalue weighted by Gasteiger charge is 2.21. The summed E-state index contributed by atoms with van der Waals surface area (Å²) in [6.07, 6.45) is 8.10. The van der Waals surface area contributed by atoms with E-state index in [9.17, 15) is 0 Å². The third-order valence-electron chi connectivity index (χ3n) is 2.93. The summed E-state index contributed by atoms with van der Waals surface area (Å²) in [7, 11) is 0. The van der Waals surface area contributed by atoms with Gasteiger partial charge in [0.15, 0.2) is 0 Å². The summed E-state index contributed by atoms with van der Waals surface area (Å²) in [5.41, 5.74) is 0. The highest BCUT2D eigenvalue weighted by Crippen LogP contribution is 2.31. The first-order valence-electron chi connectivity index (χ1n) is 4.85. The van der Waals surface area contributed by atoms with Gasteiger partial charge in [-0.05, 0) is 31.6 Å². The fourth-order valence-corrected chi connectivity index (χ4v) is 2.02. The molecule has 1 aliphatic carbocycles. The Morgan fingerprint density at radius 3 is 2.31 bits per heavy atom. The first-order valence-corrected chi connectivity index (χ1v) is 4.85. The molecule has 0 amide bonds. The number of rotatable bonds is 2. The minimum absolute atomic E-state index is 0.342. The van der Waals surface area contributed by atoms with Gasteiger partial charge in [-0.3, -0.25) is 0 Å².